The van der Waals surface area contributed by atoms with Crippen molar-refractivity contribution >= 4 is 0 Å². The maximum absolute atomic E-state index is 3.94. The monoisotopic (exact) mass is 220 g/mol. The first-order valence-corrected chi connectivity index (χ1v) is 6.72. The Morgan fingerprint density at radius 2 is 1.88 bits per heavy atom. The zero-order valence-corrected chi connectivity index (χ0v) is 11.3. The van der Waals surface area contributed by atoms with E-state index in [4.69, 9.17) is 0 Å². The summed E-state index contributed by atoms with van der Waals surface area (Å²) >= 11 is 0. The van der Waals surface area contributed by atoms with Crippen molar-refractivity contribution in [2.45, 2.75) is 52.9 Å². The molecule has 2 atom stereocenters. The van der Waals surface area contributed by atoms with Gasteiger partial charge in [-0.1, -0.05) is 63.5 Å². The average molecular weight is 220 g/mol. The highest BCUT2D eigenvalue weighted by Gasteiger charge is 2.11. The Hall–Kier alpha value is -0.780. The SMILES string of the molecule is C=CC(C=CC)C(C=CCCCC)CCC. The second kappa shape index (κ2) is 10.7. The molecule has 0 nitrogen and oxygen atoms in total. The highest BCUT2D eigenvalue weighted by Crippen LogP contribution is 2.22. The maximum Gasteiger partial charge on any atom is 0.000658 e. The van der Waals surface area contributed by atoms with E-state index in [0.717, 1.165) is 0 Å². The molecule has 0 heteroatoms. The van der Waals surface area contributed by atoms with Crippen molar-refractivity contribution in [3.8, 4) is 0 Å². The van der Waals surface area contributed by atoms with Crippen LogP contribution in [0.5, 0.6) is 0 Å². The predicted molar refractivity (Wildman–Crippen MR) is 75.6 cm³/mol. The van der Waals surface area contributed by atoms with Gasteiger partial charge in [-0.15, -0.1) is 6.58 Å². The van der Waals surface area contributed by atoms with Crippen LogP contribution in [0, 0.1) is 11.8 Å². The molecule has 0 heterocycles. The second-order valence-electron chi connectivity index (χ2n) is 4.36. The lowest BCUT2D eigenvalue weighted by molar-refractivity contribution is 0.505. The highest BCUT2D eigenvalue weighted by molar-refractivity contribution is 5.05. The molecule has 0 aliphatic carbocycles. The molecule has 0 aliphatic heterocycles. The molecule has 0 aromatic heterocycles. The Morgan fingerprint density at radius 1 is 1.12 bits per heavy atom. The fourth-order valence-electron chi connectivity index (χ4n) is 1.96. The van der Waals surface area contributed by atoms with Gasteiger partial charge in [-0.25, -0.2) is 0 Å². The fraction of sp³-hybridized carbons (Fsp3) is 0.625. The van der Waals surface area contributed by atoms with Crippen molar-refractivity contribution in [1.82, 2.24) is 0 Å². The molecule has 2 unspecified atom stereocenters. The first-order valence-electron chi connectivity index (χ1n) is 6.72. The van der Waals surface area contributed by atoms with E-state index in [1.54, 1.807) is 0 Å². The van der Waals surface area contributed by atoms with Crippen molar-refractivity contribution in [2.24, 2.45) is 11.8 Å². The van der Waals surface area contributed by atoms with Gasteiger partial charge in [-0.2, -0.15) is 0 Å². The number of rotatable bonds is 9. The number of unbranched alkanes of at least 4 members (excludes halogenated alkanes) is 2. The van der Waals surface area contributed by atoms with Crippen molar-refractivity contribution in [3.63, 3.8) is 0 Å². The minimum Gasteiger partial charge on any atom is -0.102 e. The number of hydrogen-bond acceptors (Lipinski definition) is 0. The van der Waals surface area contributed by atoms with Gasteiger partial charge >= 0.3 is 0 Å². The third-order valence-corrected chi connectivity index (χ3v) is 2.91. The first-order chi connectivity index (χ1) is 7.79. The Kier molecular flexibility index (Phi) is 10.2. The van der Waals surface area contributed by atoms with Gasteiger partial charge in [0.05, 0.1) is 0 Å². The van der Waals surface area contributed by atoms with E-state index in [9.17, 15) is 0 Å². The molecule has 0 saturated heterocycles. The van der Waals surface area contributed by atoms with Crippen LogP contribution in [-0.2, 0) is 0 Å². The van der Waals surface area contributed by atoms with Crippen LogP contribution in [-0.4, -0.2) is 0 Å². The van der Waals surface area contributed by atoms with E-state index in [2.05, 4.69) is 57.7 Å². The van der Waals surface area contributed by atoms with Gasteiger partial charge in [0.15, 0.2) is 0 Å². The minimum absolute atomic E-state index is 0.503. The van der Waals surface area contributed by atoms with E-state index in [-0.39, 0.29) is 0 Å². The van der Waals surface area contributed by atoms with E-state index >= 15 is 0 Å². The Balaban J connectivity index is 4.32. The number of allylic oxidation sites excluding steroid dienone is 5. The summed E-state index contributed by atoms with van der Waals surface area (Å²) in [7, 11) is 0. The van der Waals surface area contributed by atoms with Gasteiger partial charge in [0, 0.05) is 5.92 Å². The van der Waals surface area contributed by atoms with Crippen LogP contribution in [0.3, 0.4) is 0 Å². The summed E-state index contributed by atoms with van der Waals surface area (Å²) in [6.45, 7) is 10.5. The van der Waals surface area contributed by atoms with Gasteiger partial charge in [-0.05, 0) is 25.7 Å². The quantitative estimate of drug-likeness (QED) is 0.354. The normalized spacial score (nSPS) is 15.7. The molecular weight excluding hydrogens is 192 g/mol. The molecule has 16 heavy (non-hydrogen) atoms. The molecule has 0 spiro atoms. The van der Waals surface area contributed by atoms with Crippen LogP contribution >= 0.6 is 0 Å². The van der Waals surface area contributed by atoms with Gasteiger partial charge in [-0.3, -0.25) is 0 Å². The van der Waals surface area contributed by atoms with Crippen LogP contribution in [0.2, 0.25) is 0 Å². The van der Waals surface area contributed by atoms with Gasteiger partial charge < -0.3 is 0 Å². The lowest BCUT2D eigenvalue weighted by atomic mass is 9.87. The molecule has 0 aromatic carbocycles. The van der Waals surface area contributed by atoms with Gasteiger partial charge in [0.2, 0.25) is 0 Å². The van der Waals surface area contributed by atoms with Crippen molar-refractivity contribution < 1.29 is 0 Å². The van der Waals surface area contributed by atoms with Crippen LogP contribution in [0.25, 0.3) is 0 Å². The molecule has 0 aromatic rings. The largest absolute Gasteiger partial charge is 0.102 e. The molecule has 0 amide bonds. The van der Waals surface area contributed by atoms with Crippen LogP contribution in [0.1, 0.15) is 52.9 Å². The molecule has 0 fully saturated rings. The Morgan fingerprint density at radius 3 is 2.38 bits per heavy atom. The predicted octanol–water partition coefficient (Wildman–Crippen LogP) is 5.53. The smallest absolute Gasteiger partial charge is 0.000658 e. The molecule has 0 saturated carbocycles. The summed E-state index contributed by atoms with van der Waals surface area (Å²) in [4.78, 5) is 0. The summed E-state index contributed by atoms with van der Waals surface area (Å²) in [5.74, 6) is 1.14. The van der Waals surface area contributed by atoms with E-state index < -0.39 is 0 Å². The van der Waals surface area contributed by atoms with Crippen molar-refractivity contribution in [2.75, 3.05) is 0 Å². The van der Waals surface area contributed by atoms with E-state index in [1.165, 1.54) is 32.1 Å². The second-order valence-corrected chi connectivity index (χ2v) is 4.36. The molecule has 0 bridgehead atoms. The summed E-state index contributed by atoms with van der Waals surface area (Å²) in [6, 6.07) is 0. The fourth-order valence-corrected chi connectivity index (χ4v) is 1.96. The topological polar surface area (TPSA) is 0 Å². The summed E-state index contributed by atoms with van der Waals surface area (Å²) < 4.78 is 0. The first kappa shape index (κ1) is 15.2. The average Bonchev–Trinajstić information content (AvgIpc) is 2.30. The Labute approximate surface area is 102 Å². The number of hydrogen-bond donors (Lipinski definition) is 0. The molecule has 92 valence electrons. The Bertz CT molecular complexity index is 210. The molecular formula is C16H28. The van der Waals surface area contributed by atoms with E-state index in [0.29, 0.717) is 11.8 Å². The third kappa shape index (κ3) is 6.66. The lowest BCUT2D eigenvalue weighted by Gasteiger charge is -2.17. The van der Waals surface area contributed by atoms with Crippen LogP contribution < -0.4 is 0 Å². The maximum atomic E-state index is 3.94. The molecule has 0 rings (SSSR count). The highest BCUT2D eigenvalue weighted by atomic mass is 14.2. The van der Waals surface area contributed by atoms with Crippen LogP contribution in [0.4, 0.5) is 0 Å². The zero-order chi connectivity index (χ0) is 12.2. The lowest BCUT2D eigenvalue weighted by Crippen LogP contribution is -2.07. The summed E-state index contributed by atoms with van der Waals surface area (Å²) in [6.07, 6.45) is 17.5. The van der Waals surface area contributed by atoms with E-state index in [1.807, 2.05) is 0 Å². The molecule has 0 N–H and O–H groups in total. The zero-order valence-electron chi connectivity index (χ0n) is 11.3. The van der Waals surface area contributed by atoms with Crippen molar-refractivity contribution in [1.29, 1.82) is 0 Å². The van der Waals surface area contributed by atoms with Gasteiger partial charge in [0.25, 0.3) is 0 Å². The van der Waals surface area contributed by atoms with Gasteiger partial charge in [0.1, 0.15) is 0 Å². The summed E-state index contributed by atoms with van der Waals surface area (Å²) in [5, 5.41) is 0. The molecule has 0 radical (unpaired) electrons. The van der Waals surface area contributed by atoms with Crippen LogP contribution in [0.15, 0.2) is 37.0 Å². The summed E-state index contributed by atoms with van der Waals surface area (Å²) in [5.41, 5.74) is 0. The third-order valence-electron chi connectivity index (χ3n) is 2.91. The van der Waals surface area contributed by atoms with Crippen molar-refractivity contribution in [3.05, 3.63) is 37.0 Å². The minimum atomic E-state index is 0.503. The molecule has 0 aliphatic rings. The standard InChI is InChI=1S/C16H28/c1-5-9-10-11-14-16(13-7-3)15(8-4)12-6-2/h6,8,11-12,14-16H,4-5,7,9-10,13H2,1-3H3.